The van der Waals surface area contributed by atoms with Gasteiger partial charge in [-0.1, -0.05) is 12.1 Å². The highest BCUT2D eigenvalue weighted by Gasteiger charge is 2.06. The number of nitrogens with zero attached hydrogens (tertiary/aromatic N) is 3. The van der Waals surface area contributed by atoms with E-state index in [1.165, 1.54) is 0 Å². The molecule has 1 aromatic carbocycles. The van der Waals surface area contributed by atoms with E-state index in [4.69, 9.17) is 0 Å². The van der Waals surface area contributed by atoms with Crippen LogP contribution in [0.4, 0.5) is 0 Å². The third-order valence-electron chi connectivity index (χ3n) is 3.11. The molecule has 0 atom stereocenters. The predicted molar refractivity (Wildman–Crippen MR) is 75.0 cm³/mol. The van der Waals surface area contributed by atoms with E-state index in [0.29, 0.717) is 6.54 Å². The van der Waals surface area contributed by atoms with Crippen LogP contribution in [0.1, 0.15) is 5.69 Å². The first-order chi connectivity index (χ1) is 9.83. The maximum atomic E-state index is 11.9. The van der Waals surface area contributed by atoms with Gasteiger partial charge in [-0.15, -0.1) is 0 Å². The molecule has 3 rings (SSSR count). The zero-order valence-corrected chi connectivity index (χ0v) is 10.9. The monoisotopic (exact) mass is 269 g/mol. The first-order valence-corrected chi connectivity index (χ1v) is 6.47. The summed E-state index contributed by atoms with van der Waals surface area (Å²) in [5, 5.41) is 2.89. The number of aromatic nitrogens is 4. The minimum atomic E-state index is -0.0207. The molecule has 0 saturated carbocycles. The molecule has 0 aliphatic heterocycles. The normalized spacial score (nSPS) is 10.8. The molecule has 2 N–H and O–H groups in total. The van der Waals surface area contributed by atoms with E-state index in [1.54, 1.807) is 18.9 Å². The van der Waals surface area contributed by atoms with Crippen molar-refractivity contribution < 1.29 is 4.79 Å². The number of hydrogen-bond acceptors (Lipinski definition) is 3. The molecule has 1 amide bonds. The highest BCUT2D eigenvalue weighted by atomic mass is 16.1. The van der Waals surface area contributed by atoms with Crippen molar-refractivity contribution in [3.8, 4) is 0 Å². The lowest BCUT2D eigenvalue weighted by atomic mass is 10.3. The van der Waals surface area contributed by atoms with Crippen LogP contribution >= 0.6 is 0 Å². The van der Waals surface area contributed by atoms with Gasteiger partial charge in [-0.05, 0) is 12.1 Å². The summed E-state index contributed by atoms with van der Waals surface area (Å²) in [4.78, 5) is 23.1. The average Bonchev–Trinajstić information content (AvgIpc) is 3.09. The molecular weight excluding hydrogens is 254 g/mol. The Hall–Kier alpha value is -2.63. The smallest absolute Gasteiger partial charge is 0.240 e. The van der Waals surface area contributed by atoms with Gasteiger partial charge in [-0.2, -0.15) is 0 Å². The summed E-state index contributed by atoms with van der Waals surface area (Å²) in [6.07, 6.45) is 5.83. The molecule has 0 spiro atoms. The Morgan fingerprint density at radius 1 is 1.35 bits per heavy atom. The SMILES string of the molecule is O=C(Cn1cnc2ccccc21)NCCc1cnc[nH]1. The molecule has 0 aliphatic rings. The van der Waals surface area contributed by atoms with Gasteiger partial charge in [0.15, 0.2) is 0 Å². The summed E-state index contributed by atoms with van der Waals surface area (Å²) in [6, 6.07) is 7.77. The van der Waals surface area contributed by atoms with Crippen molar-refractivity contribution in [3.05, 3.63) is 48.8 Å². The molecule has 0 aliphatic carbocycles. The Morgan fingerprint density at radius 3 is 3.10 bits per heavy atom. The fourth-order valence-electron chi connectivity index (χ4n) is 2.10. The molecule has 0 fully saturated rings. The van der Waals surface area contributed by atoms with Gasteiger partial charge in [0.05, 0.1) is 23.7 Å². The first-order valence-electron chi connectivity index (χ1n) is 6.47. The van der Waals surface area contributed by atoms with Crippen molar-refractivity contribution >= 4 is 16.9 Å². The Morgan fingerprint density at radius 2 is 2.25 bits per heavy atom. The van der Waals surface area contributed by atoms with Crippen molar-refractivity contribution in [1.29, 1.82) is 0 Å². The van der Waals surface area contributed by atoms with Crippen LogP contribution in [-0.4, -0.2) is 32.0 Å². The quantitative estimate of drug-likeness (QED) is 0.728. The second-order valence-corrected chi connectivity index (χ2v) is 4.54. The number of amides is 1. The van der Waals surface area contributed by atoms with Crippen molar-refractivity contribution in [2.24, 2.45) is 0 Å². The van der Waals surface area contributed by atoms with Crippen molar-refractivity contribution in [1.82, 2.24) is 24.8 Å². The summed E-state index contributed by atoms with van der Waals surface area (Å²) in [6.45, 7) is 0.872. The largest absolute Gasteiger partial charge is 0.354 e. The van der Waals surface area contributed by atoms with Gasteiger partial charge in [0.2, 0.25) is 5.91 Å². The van der Waals surface area contributed by atoms with Gasteiger partial charge in [0, 0.05) is 24.9 Å². The fraction of sp³-hybridized carbons (Fsp3) is 0.214. The molecule has 0 bridgehead atoms. The van der Waals surface area contributed by atoms with E-state index in [2.05, 4.69) is 20.3 Å². The van der Waals surface area contributed by atoms with Gasteiger partial charge in [-0.25, -0.2) is 9.97 Å². The van der Waals surface area contributed by atoms with Crippen LogP contribution in [0.5, 0.6) is 0 Å². The number of fused-ring (bicyclic) bond motifs is 1. The van der Waals surface area contributed by atoms with Gasteiger partial charge in [-0.3, -0.25) is 4.79 Å². The van der Waals surface area contributed by atoms with Gasteiger partial charge >= 0.3 is 0 Å². The Kier molecular flexibility index (Phi) is 3.45. The highest BCUT2D eigenvalue weighted by molar-refractivity contribution is 5.80. The number of rotatable bonds is 5. The van der Waals surface area contributed by atoms with E-state index in [9.17, 15) is 4.79 Å². The molecule has 3 aromatic rings. The zero-order valence-electron chi connectivity index (χ0n) is 10.9. The van der Waals surface area contributed by atoms with E-state index >= 15 is 0 Å². The average molecular weight is 269 g/mol. The maximum Gasteiger partial charge on any atom is 0.240 e. The second-order valence-electron chi connectivity index (χ2n) is 4.54. The molecule has 2 aromatic heterocycles. The first kappa shape index (κ1) is 12.4. The van der Waals surface area contributed by atoms with E-state index in [0.717, 1.165) is 23.1 Å². The molecule has 0 radical (unpaired) electrons. The minimum absolute atomic E-state index is 0.0207. The van der Waals surface area contributed by atoms with Gasteiger partial charge in [0.25, 0.3) is 0 Å². The zero-order chi connectivity index (χ0) is 13.8. The summed E-state index contributed by atoms with van der Waals surface area (Å²) in [7, 11) is 0. The fourth-order valence-corrected chi connectivity index (χ4v) is 2.10. The van der Waals surface area contributed by atoms with Crippen LogP contribution in [0.2, 0.25) is 0 Å². The molecule has 0 saturated heterocycles. The Balaban J connectivity index is 1.56. The summed E-state index contributed by atoms with van der Waals surface area (Å²) in [5.74, 6) is -0.0207. The van der Waals surface area contributed by atoms with E-state index in [-0.39, 0.29) is 12.5 Å². The van der Waals surface area contributed by atoms with Crippen LogP contribution in [0.15, 0.2) is 43.1 Å². The molecule has 102 valence electrons. The molecule has 0 unspecified atom stereocenters. The molecule has 2 heterocycles. The molecular formula is C14H15N5O. The van der Waals surface area contributed by atoms with Gasteiger partial charge in [0.1, 0.15) is 6.54 Å². The third-order valence-corrected chi connectivity index (χ3v) is 3.11. The summed E-state index contributed by atoms with van der Waals surface area (Å²) >= 11 is 0. The Bertz CT molecular complexity index is 701. The lowest BCUT2D eigenvalue weighted by Gasteiger charge is -2.06. The van der Waals surface area contributed by atoms with Crippen molar-refractivity contribution in [3.63, 3.8) is 0 Å². The van der Waals surface area contributed by atoms with Crippen LogP contribution in [0, 0.1) is 0 Å². The second kappa shape index (κ2) is 5.56. The third kappa shape index (κ3) is 2.69. The lowest BCUT2D eigenvalue weighted by molar-refractivity contribution is -0.121. The van der Waals surface area contributed by atoms with Crippen LogP contribution in [0.3, 0.4) is 0 Å². The maximum absolute atomic E-state index is 11.9. The number of carbonyl (C=O) groups excluding carboxylic acids is 1. The van der Waals surface area contributed by atoms with E-state index < -0.39 is 0 Å². The number of para-hydroxylation sites is 2. The van der Waals surface area contributed by atoms with Crippen LogP contribution in [0.25, 0.3) is 11.0 Å². The van der Waals surface area contributed by atoms with Gasteiger partial charge < -0.3 is 14.9 Å². The standard InChI is InChI=1S/C14H15N5O/c20-14(16-6-5-11-7-15-9-17-11)8-19-10-18-12-3-1-2-4-13(12)19/h1-4,7,9-10H,5-6,8H2,(H,15,17)(H,16,20). The van der Waals surface area contributed by atoms with Crippen LogP contribution < -0.4 is 5.32 Å². The summed E-state index contributed by atoms with van der Waals surface area (Å²) in [5.41, 5.74) is 2.88. The lowest BCUT2D eigenvalue weighted by Crippen LogP contribution is -2.29. The molecule has 6 nitrogen and oxygen atoms in total. The highest BCUT2D eigenvalue weighted by Crippen LogP contribution is 2.11. The molecule has 6 heteroatoms. The summed E-state index contributed by atoms with van der Waals surface area (Å²) < 4.78 is 1.85. The predicted octanol–water partition coefficient (Wildman–Crippen LogP) is 1.12. The van der Waals surface area contributed by atoms with Crippen LogP contribution in [-0.2, 0) is 17.8 Å². The number of aromatic amines is 1. The van der Waals surface area contributed by atoms with Crippen molar-refractivity contribution in [2.45, 2.75) is 13.0 Å². The number of carbonyl (C=O) groups is 1. The van der Waals surface area contributed by atoms with E-state index in [1.807, 2.05) is 28.8 Å². The number of nitrogens with one attached hydrogen (secondary N) is 2. The molecule has 20 heavy (non-hydrogen) atoms. The number of benzene rings is 1. The topological polar surface area (TPSA) is 75.6 Å². The van der Waals surface area contributed by atoms with Crippen molar-refractivity contribution in [2.75, 3.05) is 6.54 Å². The number of imidazole rings is 2. The Labute approximate surface area is 115 Å². The number of H-pyrrole nitrogens is 1. The minimum Gasteiger partial charge on any atom is -0.354 e. The number of hydrogen-bond donors (Lipinski definition) is 2.